The fourth-order valence-electron chi connectivity index (χ4n) is 2.79. The van der Waals surface area contributed by atoms with Gasteiger partial charge in [-0.25, -0.2) is 9.97 Å². The lowest BCUT2D eigenvalue weighted by Gasteiger charge is -2.20. The summed E-state index contributed by atoms with van der Waals surface area (Å²) in [5.74, 6) is 1.74. The highest BCUT2D eigenvalue weighted by Gasteiger charge is 2.17. The molecule has 3 rings (SSSR count). The maximum absolute atomic E-state index is 6.23. The maximum Gasteiger partial charge on any atom is 0.159 e. The Kier molecular flexibility index (Phi) is 3.44. The Morgan fingerprint density at radius 2 is 2.00 bits per heavy atom. The fraction of sp³-hybridized carbons (Fsp3) is 0.538. The minimum absolute atomic E-state index is 0.414. The molecular weight excluding hydrogens is 269 g/mol. The van der Waals surface area contributed by atoms with Gasteiger partial charge in [0.2, 0.25) is 0 Å². The van der Waals surface area contributed by atoms with E-state index >= 15 is 0 Å². The molecule has 1 aliphatic carbocycles. The first-order valence-electron chi connectivity index (χ1n) is 6.42. The number of fused-ring (bicyclic) bond motifs is 1. The number of rotatable bonds is 2. The largest absolute Gasteiger partial charge is 0.271 e. The second kappa shape index (κ2) is 5.06. The molecule has 2 aromatic rings. The van der Waals surface area contributed by atoms with Gasteiger partial charge in [-0.3, -0.25) is 4.40 Å². The van der Waals surface area contributed by atoms with Gasteiger partial charge >= 0.3 is 0 Å². The highest BCUT2D eigenvalue weighted by molar-refractivity contribution is 6.33. The van der Waals surface area contributed by atoms with Gasteiger partial charge in [-0.05, 0) is 5.92 Å². The topological polar surface area (TPSA) is 30.2 Å². The van der Waals surface area contributed by atoms with Gasteiger partial charge in [-0.1, -0.05) is 55.3 Å². The van der Waals surface area contributed by atoms with Gasteiger partial charge in [0.25, 0.3) is 0 Å². The Morgan fingerprint density at radius 1 is 1.22 bits per heavy atom. The maximum atomic E-state index is 6.23. The Bertz CT molecular complexity index is 559. The van der Waals surface area contributed by atoms with E-state index in [0.29, 0.717) is 10.3 Å². The average molecular weight is 284 g/mol. The van der Waals surface area contributed by atoms with Crippen molar-refractivity contribution in [2.24, 2.45) is 5.92 Å². The zero-order valence-corrected chi connectivity index (χ0v) is 11.6. The van der Waals surface area contributed by atoms with Gasteiger partial charge in [0, 0.05) is 12.5 Å². The van der Waals surface area contributed by atoms with Gasteiger partial charge in [0.05, 0.1) is 6.20 Å². The summed E-state index contributed by atoms with van der Waals surface area (Å²) in [6, 6.07) is 1.67. The summed E-state index contributed by atoms with van der Waals surface area (Å²) < 4.78 is 1.90. The van der Waals surface area contributed by atoms with Crippen molar-refractivity contribution >= 4 is 28.8 Å². The Hall–Kier alpha value is -0.800. The van der Waals surface area contributed by atoms with Gasteiger partial charge < -0.3 is 0 Å². The second-order valence-corrected chi connectivity index (χ2v) is 5.75. The molecule has 0 aliphatic heterocycles. The van der Waals surface area contributed by atoms with Crippen molar-refractivity contribution in [3.05, 3.63) is 28.4 Å². The molecule has 3 nitrogen and oxygen atoms in total. The van der Waals surface area contributed by atoms with Crippen molar-refractivity contribution in [2.75, 3.05) is 0 Å². The van der Waals surface area contributed by atoms with E-state index in [2.05, 4.69) is 9.97 Å². The number of aromatic nitrogens is 3. The summed E-state index contributed by atoms with van der Waals surface area (Å²) in [6.45, 7) is 0. The van der Waals surface area contributed by atoms with Crippen LogP contribution in [0.4, 0.5) is 0 Å². The fourth-order valence-corrected chi connectivity index (χ4v) is 3.32. The van der Waals surface area contributed by atoms with Crippen LogP contribution in [-0.4, -0.2) is 14.4 Å². The summed E-state index contributed by atoms with van der Waals surface area (Å²) >= 11 is 12.1. The SMILES string of the molecule is Clc1cc(Cl)n2c(CC3CCCCC3)ncc2n1. The van der Waals surface area contributed by atoms with Gasteiger partial charge in [-0.2, -0.15) is 0 Å². The van der Waals surface area contributed by atoms with E-state index in [4.69, 9.17) is 23.2 Å². The third kappa shape index (κ3) is 2.34. The minimum Gasteiger partial charge on any atom is -0.271 e. The molecule has 0 bridgehead atoms. The molecular formula is C13H15Cl2N3. The monoisotopic (exact) mass is 283 g/mol. The zero-order chi connectivity index (χ0) is 12.5. The molecule has 0 atom stereocenters. The molecule has 96 valence electrons. The standard InChI is InChI=1S/C13H15Cl2N3/c14-10-7-11(15)18-12(16-8-13(18)17-10)6-9-4-2-1-3-5-9/h7-9H,1-6H2. The van der Waals surface area contributed by atoms with Crippen LogP contribution >= 0.6 is 23.2 Å². The van der Waals surface area contributed by atoms with Gasteiger partial charge in [-0.15, -0.1) is 0 Å². The van der Waals surface area contributed by atoms with Crippen LogP contribution in [0.5, 0.6) is 0 Å². The Labute approximate surface area is 116 Å². The molecule has 0 amide bonds. The van der Waals surface area contributed by atoms with E-state index in [1.54, 1.807) is 12.3 Å². The smallest absolute Gasteiger partial charge is 0.159 e. The van der Waals surface area contributed by atoms with Crippen molar-refractivity contribution < 1.29 is 0 Å². The highest BCUT2D eigenvalue weighted by atomic mass is 35.5. The number of nitrogens with zero attached hydrogens (tertiary/aromatic N) is 3. The summed E-state index contributed by atoms with van der Waals surface area (Å²) in [7, 11) is 0. The first-order valence-corrected chi connectivity index (χ1v) is 7.18. The molecule has 0 radical (unpaired) electrons. The van der Waals surface area contributed by atoms with Gasteiger partial charge in [0.1, 0.15) is 16.1 Å². The lowest BCUT2D eigenvalue weighted by molar-refractivity contribution is 0.351. The van der Waals surface area contributed by atoms with Crippen molar-refractivity contribution in [2.45, 2.75) is 38.5 Å². The summed E-state index contributed by atoms with van der Waals surface area (Å²) in [5.41, 5.74) is 0.735. The van der Waals surface area contributed by atoms with E-state index in [1.807, 2.05) is 4.40 Å². The zero-order valence-electron chi connectivity index (χ0n) is 10.1. The lowest BCUT2D eigenvalue weighted by Crippen LogP contribution is -2.11. The predicted octanol–water partition coefficient (Wildman–Crippen LogP) is 4.16. The van der Waals surface area contributed by atoms with E-state index in [-0.39, 0.29) is 0 Å². The van der Waals surface area contributed by atoms with Crippen molar-refractivity contribution in [1.29, 1.82) is 0 Å². The normalized spacial score (nSPS) is 17.4. The molecule has 18 heavy (non-hydrogen) atoms. The first-order chi connectivity index (χ1) is 8.74. The van der Waals surface area contributed by atoms with Crippen LogP contribution < -0.4 is 0 Å². The molecule has 2 heterocycles. The minimum atomic E-state index is 0.414. The van der Waals surface area contributed by atoms with E-state index < -0.39 is 0 Å². The molecule has 0 unspecified atom stereocenters. The van der Waals surface area contributed by atoms with Crippen LogP contribution in [0.25, 0.3) is 5.65 Å². The molecule has 0 saturated heterocycles. The molecule has 0 spiro atoms. The number of hydrogen-bond acceptors (Lipinski definition) is 2. The second-order valence-electron chi connectivity index (χ2n) is 4.98. The van der Waals surface area contributed by atoms with Crippen LogP contribution in [0.1, 0.15) is 37.9 Å². The predicted molar refractivity (Wildman–Crippen MR) is 73.3 cm³/mol. The third-order valence-corrected chi connectivity index (χ3v) is 4.16. The van der Waals surface area contributed by atoms with Crippen molar-refractivity contribution in [3.63, 3.8) is 0 Å². The van der Waals surface area contributed by atoms with Crippen molar-refractivity contribution in [3.8, 4) is 0 Å². The Morgan fingerprint density at radius 3 is 2.78 bits per heavy atom. The molecule has 2 aromatic heterocycles. The summed E-state index contributed by atoms with van der Waals surface area (Å²) in [6.07, 6.45) is 9.38. The van der Waals surface area contributed by atoms with Crippen LogP contribution in [0.3, 0.4) is 0 Å². The highest BCUT2D eigenvalue weighted by Crippen LogP contribution is 2.27. The van der Waals surface area contributed by atoms with Crippen LogP contribution in [0.2, 0.25) is 10.3 Å². The van der Waals surface area contributed by atoms with Crippen LogP contribution in [0.15, 0.2) is 12.3 Å². The number of imidazole rings is 1. The lowest BCUT2D eigenvalue weighted by atomic mass is 9.87. The van der Waals surface area contributed by atoms with E-state index in [0.717, 1.165) is 23.8 Å². The first kappa shape index (κ1) is 12.2. The quantitative estimate of drug-likeness (QED) is 0.775. The van der Waals surface area contributed by atoms with Crippen LogP contribution in [-0.2, 0) is 6.42 Å². The number of halogens is 2. The van der Waals surface area contributed by atoms with E-state index in [1.165, 1.54) is 32.1 Å². The molecule has 1 fully saturated rings. The average Bonchev–Trinajstić information content (AvgIpc) is 2.73. The molecule has 5 heteroatoms. The number of hydrogen-bond donors (Lipinski definition) is 0. The summed E-state index contributed by atoms with van der Waals surface area (Å²) in [5, 5.41) is 1.00. The molecule has 1 aliphatic rings. The summed E-state index contributed by atoms with van der Waals surface area (Å²) in [4.78, 5) is 8.68. The van der Waals surface area contributed by atoms with E-state index in [9.17, 15) is 0 Å². The molecule has 0 N–H and O–H groups in total. The molecule has 1 saturated carbocycles. The van der Waals surface area contributed by atoms with Gasteiger partial charge in [0.15, 0.2) is 5.65 Å². The van der Waals surface area contributed by atoms with Crippen LogP contribution in [0, 0.1) is 5.92 Å². The van der Waals surface area contributed by atoms with Crippen molar-refractivity contribution in [1.82, 2.24) is 14.4 Å². The molecule has 0 aromatic carbocycles. The Balaban J connectivity index is 1.92. The third-order valence-electron chi connectivity index (χ3n) is 3.69.